The second-order valence-corrected chi connectivity index (χ2v) is 5.17. The van der Waals surface area contributed by atoms with Crippen molar-refractivity contribution in [3.05, 3.63) is 0 Å². The minimum absolute atomic E-state index is 0.582. The summed E-state index contributed by atoms with van der Waals surface area (Å²) >= 11 is 0. The monoisotopic (exact) mass is 216 g/mol. The second kappa shape index (κ2) is 8.01. The summed E-state index contributed by atoms with van der Waals surface area (Å²) in [5, 5.41) is 0. The number of rotatable bonds is 7. The highest BCUT2D eigenvalue weighted by atomic mass is 28.4. The Hall–Kier alpha value is -0.343. The van der Waals surface area contributed by atoms with Crippen LogP contribution in [0, 0.1) is 11.8 Å². The van der Waals surface area contributed by atoms with E-state index in [0.717, 1.165) is 0 Å². The molecule has 0 bridgehead atoms. The molecule has 0 amide bonds. The van der Waals surface area contributed by atoms with E-state index in [1.807, 2.05) is 27.7 Å². The fourth-order valence-electron chi connectivity index (χ4n) is 1.13. The van der Waals surface area contributed by atoms with Gasteiger partial charge >= 0.3 is 8.80 Å². The van der Waals surface area contributed by atoms with Gasteiger partial charge in [-0.25, -0.2) is 0 Å². The van der Waals surface area contributed by atoms with Gasteiger partial charge in [-0.2, -0.15) is 0 Å². The van der Waals surface area contributed by atoms with Gasteiger partial charge in [-0.05, 0) is 27.7 Å². The molecule has 0 aliphatic heterocycles. The highest BCUT2D eigenvalue weighted by Gasteiger charge is 2.39. The first-order valence-electron chi connectivity index (χ1n) is 5.06. The molecule has 0 atom stereocenters. The molecule has 0 heterocycles. The number of hydrogen-bond acceptors (Lipinski definition) is 3. The highest BCUT2D eigenvalue weighted by Crippen LogP contribution is 2.14. The van der Waals surface area contributed by atoms with E-state index < -0.39 is 8.80 Å². The van der Waals surface area contributed by atoms with Crippen LogP contribution in [0.25, 0.3) is 0 Å². The summed E-state index contributed by atoms with van der Waals surface area (Å²) < 4.78 is 16.8. The molecule has 0 aromatic heterocycles. The maximum atomic E-state index is 5.60. The molecule has 0 unspecified atom stereocenters. The number of hydrogen-bond donors (Lipinski definition) is 0. The Labute approximate surface area is 88.1 Å². The van der Waals surface area contributed by atoms with Crippen molar-refractivity contribution in [1.29, 1.82) is 0 Å². The lowest BCUT2D eigenvalue weighted by Crippen LogP contribution is -2.45. The lowest BCUT2D eigenvalue weighted by atomic mass is 10.7. The van der Waals surface area contributed by atoms with Gasteiger partial charge in [0.05, 0.1) is 6.04 Å². The first-order chi connectivity index (χ1) is 6.74. The summed E-state index contributed by atoms with van der Waals surface area (Å²) in [6.07, 6.45) is 0. The van der Waals surface area contributed by atoms with Gasteiger partial charge in [0.1, 0.15) is 0 Å². The normalized spacial score (nSPS) is 10.9. The van der Waals surface area contributed by atoms with Crippen LogP contribution in [0.15, 0.2) is 0 Å². The SMILES string of the molecule is CC#CC[Si](OCC)(OCC)OCC. The lowest BCUT2D eigenvalue weighted by molar-refractivity contribution is 0.0748. The Kier molecular flexibility index (Phi) is 7.81. The van der Waals surface area contributed by atoms with Gasteiger partial charge in [0.15, 0.2) is 0 Å². The Balaban J connectivity index is 4.42. The quantitative estimate of drug-likeness (QED) is 0.481. The first-order valence-corrected chi connectivity index (χ1v) is 6.99. The van der Waals surface area contributed by atoms with E-state index >= 15 is 0 Å². The first kappa shape index (κ1) is 13.7. The highest BCUT2D eigenvalue weighted by molar-refractivity contribution is 6.61. The van der Waals surface area contributed by atoms with Gasteiger partial charge in [-0.15, -0.1) is 5.92 Å². The summed E-state index contributed by atoms with van der Waals surface area (Å²) in [4.78, 5) is 0. The molecule has 0 saturated carbocycles. The van der Waals surface area contributed by atoms with E-state index in [0.29, 0.717) is 25.9 Å². The topological polar surface area (TPSA) is 27.7 Å². The largest absolute Gasteiger partial charge is 0.513 e. The van der Waals surface area contributed by atoms with Crippen LogP contribution in [0.2, 0.25) is 6.04 Å². The van der Waals surface area contributed by atoms with E-state index in [2.05, 4.69) is 11.8 Å². The summed E-state index contributed by atoms with van der Waals surface area (Å²) in [5.74, 6) is 5.82. The van der Waals surface area contributed by atoms with E-state index in [9.17, 15) is 0 Å². The van der Waals surface area contributed by atoms with Crippen molar-refractivity contribution in [3.8, 4) is 11.8 Å². The zero-order valence-corrected chi connectivity index (χ0v) is 10.6. The van der Waals surface area contributed by atoms with Gasteiger partial charge in [0.25, 0.3) is 0 Å². The van der Waals surface area contributed by atoms with Crippen LogP contribution in [-0.2, 0) is 13.3 Å². The van der Waals surface area contributed by atoms with Crippen LogP contribution >= 0.6 is 0 Å². The summed E-state index contributed by atoms with van der Waals surface area (Å²) in [7, 11) is -2.49. The molecule has 0 aliphatic rings. The van der Waals surface area contributed by atoms with Crippen molar-refractivity contribution < 1.29 is 13.3 Å². The van der Waals surface area contributed by atoms with Gasteiger partial charge in [0, 0.05) is 19.8 Å². The Morgan fingerprint density at radius 2 is 1.36 bits per heavy atom. The Morgan fingerprint density at radius 3 is 1.64 bits per heavy atom. The van der Waals surface area contributed by atoms with Crippen molar-refractivity contribution in [2.75, 3.05) is 19.8 Å². The fourth-order valence-corrected chi connectivity index (χ4v) is 3.40. The molecule has 0 N–H and O–H groups in total. The summed E-state index contributed by atoms with van der Waals surface area (Å²) in [6, 6.07) is 0.582. The van der Waals surface area contributed by atoms with Gasteiger partial charge in [0.2, 0.25) is 0 Å². The lowest BCUT2D eigenvalue weighted by Gasteiger charge is -2.26. The molecule has 3 nitrogen and oxygen atoms in total. The van der Waals surface area contributed by atoms with E-state index in [4.69, 9.17) is 13.3 Å². The van der Waals surface area contributed by atoms with E-state index in [1.54, 1.807) is 0 Å². The van der Waals surface area contributed by atoms with Crippen molar-refractivity contribution in [2.45, 2.75) is 33.7 Å². The van der Waals surface area contributed by atoms with Crippen LogP contribution in [-0.4, -0.2) is 28.6 Å². The van der Waals surface area contributed by atoms with Crippen LogP contribution in [0.4, 0.5) is 0 Å². The molecule has 0 saturated heterocycles. The Bertz CT molecular complexity index is 178. The maximum Gasteiger partial charge on any atom is 0.513 e. The zero-order chi connectivity index (χ0) is 10.9. The van der Waals surface area contributed by atoms with Crippen molar-refractivity contribution >= 4 is 8.80 Å². The van der Waals surface area contributed by atoms with Gasteiger partial charge in [-0.1, -0.05) is 5.92 Å². The van der Waals surface area contributed by atoms with Gasteiger partial charge < -0.3 is 13.3 Å². The molecule has 0 aromatic carbocycles. The second-order valence-electron chi connectivity index (χ2n) is 2.59. The summed E-state index contributed by atoms with van der Waals surface area (Å²) in [6.45, 7) is 9.47. The zero-order valence-electron chi connectivity index (χ0n) is 9.55. The molecule has 0 aliphatic carbocycles. The molecule has 0 rings (SSSR count). The molecule has 0 aromatic rings. The molecule has 0 radical (unpaired) electrons. The van der Waals surface area contributed by atoms with Crippen LogP contribution in [0.5, 0.6) is 0 Å². The van der Waals surface area contributed by atoms with Crippen molar-refractivity contribution in [1.82, 2.24) is 0 Å². The van der Waals surface area contributed by atoms with Crippen molar-refractivity contribution in [3.63, 3.8) is 0 Å². The molecule has 0 fully saturated rings. The van der Waals surface area contributed by atoms with Gasteiger partial charge in [-0.3, -0.25) is 0 Å². The average molecular weight is 216 g/mol. The predicted molar refractivity (Wildman–Crippen MR) is 58.9 cm³/mol. The minimum atomic E-state index is -2.49. The maximum absolute atomic E-state index is 5.60. The van der Waals surface area contributed by atoms with E-state index in [-0.39, 0.29) is 0 Å². The molecule has 14 heavy (non-hydrogen) atoms. The Morgan fingerprint density at radius 1 is 0.929 bits per heavy atom. The third-order valence-corrected chi connectivity index (χ3v) is 4.37. The standard InChI is InChI=1S/C10H20O3Si/c1-5-9-10-14(11-6-2,12-7-3)13-8-4/h6-8,10H2,1-4H3. The third-order valence-electron chi connectivity index (χ3n) is 1.57. The molecule has 4 heteroatoms. The minimum Gasteiger partial charge on any atom is -0.373 e. The summed E-state index contributed by atoms with van der Waals surface area (Å²) in [5.41, 5.74) is 0. The third kappa shape index (κ3) is 4.77. The van der Waals surface area contributed by atoms with E-state index in [1.165, 1.54) is 0 Å². The molecular weight excluding hydrogens is 196 g/mol. The molecule has 0 spiro atoms. The van der Waals surface area contributed by atoms with Crippen LogP contribution in [0.1, 0.15) is 27.7 Å². The predicted octanol–water partition coefficient (Wildman–Crippen LogP) is 2.06. The molecular formula is C10H20O3Si. The fraction of sp³-hybridized carbons (Fsp3) is 0.800. The molecule has 82 valence electrons. The van der Waals surface area contributed by atoms with Crippen LogP contribution in [0.3, 0.4) is 0 Å². The van der Waals surface area contributed by atoms with Crippen LogP contribution < -0.4 is 0 Å². The van der Waals surface area contributed by atoms with Crippen molar-refractivity contribution in [2.24, 2.45) is 0 Å². The average Bonchev–Trinajstić information content (AvgIpc) is 2.16. The smallest absolute Gasteiger partial charge is 0.373 e.